The minimum absolute atomic E-state index is 0.0514. The van der Waals surface area contributed by atoms with Crippen LogP contribution in [-0.2, 0) is 24.0 Å². The second-order valence-corrected chi connectivity index (χ2v) is 16.0. The van der Waals surface area contributed by atoms with Crippen molar-refractivity contribution in [1.82, 2.24) is 0 Å². The fraction of sp³-hybridized carbons (Fsp3) is 0.234. The molecule has 4 nitrogen and oxygen atoms in total. The quantitative estimate of drug-likeness (QED) is 0.107. The summed E-state index contributed by atoms with van der Waals surface area (Å²) in [5.41, 5.74) is 11.8. The number of ether oxygens (including phenoxy) is 1. The SMILES string of the molecule is [C-]#[N+]C(C#N)=C1C=COC(c2ccc3cc(C=Cc4ccc5cc(Cc6cc7c8c(c6)CC(C)(C)CN8CC(C)(C)C7)ccc5c4)ccc3c2)=C1. The van der Waals surface area contributed by atoms with Crippen molar-refractivity contribution in [2.45, 2.75) is 47.0 Å². The monoisotopic (exact) mass is 663 g/mol. The summed E-state index contributed by atoms with van der Waals surface area (Å²) in [6.45, 7) is 19.2. The van der Waals surface area contributed by atoms with Gasteiger partial charge in [0.1, 0.15) is 5.76 Å². The Morgan fingerprint density at radius 2 is 1.37 bits per heavy atom. The lowest BCUT2D eigenvalue weighted by Gasteiger charge is -2.49. The van der Waals surface area contributed by atoms with Crippen molar-refractivity contribution >= 4 is 45.1 Å². The second kappa shape index (κ2) is 12.5. The van der Waals surface area contributed by atoms with E-state index in [4.69, 9.17) is 11.3 Å². The number of allylic oxidation sites excluding steroid dienone is 4. The van der Waals surface area contributed by atoms with Crippen molar-refractivity contribution in [3.05, 3.63) is 165 Å². The van der Waals surface area contributed by atoms with Gasteiger partial charge in [0.2, 0.25) is 0 Å². The molecule has 3 aliphatic heterocycles. The predicted molar refractivity (Wildman–Crippen MR) is 211 cm³/mol. The summed E-state index contributed by atoms with van der Waals surface area (Å²) < 4.78 is 5.72. The first-order valence-electron chi connectivity index (χ1n) is 17.8. The molecule has 0 amide bonds. The number of rotatable bonds is 5. The molecule has 0 radical (unpaired) electrons. The molecule has 8 rings (SSSR count). The highest BCUT2D eigenvalue weighted by Gasteiger charge is 2.38. The van der Waals surface area contributed by atoms with Gasteiger partial charge in [-0.3, -0.25) is 0 Å². The molecule has 0 atom stereocenters. The molecule has 0 N–H and O–H groups in total. The largest absolute Gasteiger partial charge is 0.464 e. The first-order valence-corrected chi connectivity index (χ1v) is 17.8. The summed E-state index contributed by atoms with van der Waals surface area (Å²) in [6, 6.07) is 33.2. The van der Waals surface area contributed by atoms with Crippen LogP contribution in [0, 0.1) is 28.7 Å². The highest BCUT2D eigenvalue weighted by atomic mass is 16.5. The molecular formula is C47H41N3O. The molecule has 5 aromatic rings. The van der Waals surface area contributed by atoms with Gasteiger partial charge in [-0.25, -0.2) is 10.1 Å². The third kappa shape index (κ3) is 6.59. The van der Waals surface area contributed by atoms with Gasteiger partial charge >= 0.3 is 0 Å². The number of hydrogen-bond donors (Lipinski definition) is 0. The summed E-state index contributed by atoms with van der Waals surface area (Å²) >= 11 is 0. The fourth-order valence-electron chi connectivity index (χ4n) is 8.33. The molecule has 0 bridgehead atoms. The minimum atomic E-state index is 0.0514. The van der Waals surface area contributed by atoms with E-state index in [-0.39, 0.29) is 5.70 Å². The van der Waals surface area contributed by atoms with Crippen LogP contribution >= 0.6 is 0 Å². The maximum Gasteiger partial charge on any atom is 0.269 e. The molecule has 250 valence electrons. The van der Waals surface area contributed by atoms with Gasteiger partial charge in [0, 0.05) is 24.3 Å². The Labute approximate surface area is 301 Å². The zero-order chi connectivity index (χ0) is 35.3. The van der Waals surface area contributed by atoms with Crippen molar-refractivity contribution < 1.29 is 4.74 Å². The van der Waals surface area contributed by atoms with Crippen LogP contribution < -0.4 is 4.90 Å². The van der Waals surface area contributed by atoms with Crippen molar-refractivity contribution in [3.63, 3.8) is 0 Å². The van der Waals surface area contributed by atoms with E-state index < -0.39 is 0 Å². The average Bonchev–Trinajstić information content (AvgIpc) is 3.09. The van der Waals surface area contributed by atoms with Gasteiger partial charge < -0.3 is 9.64 Å². The summed E-state index contributed by atoms with van der Waals surface area (Å²) in [4.78, 5) is 6.00. The number of benzene rings is 5. The standard InChI is InChI=1S/C47H41N3O/c1-46(2)26-41-22-34(23-42-27-47(3,4)30-50(29-46)45(41)42)18-33-10-13-35-19-31(8-11-36(35)21-33)6-7-32-9-12-38-24-40(15-14-37(38)20-32)44-25-39(16-17-51-44)43(28-48)49-5/h6-17,19-25H,18,26-27,29-30H2,1-4H3. The topological polar surface area (TPSA) is 40.6 Å². The number of hydrogen-bond acceptors (Lipinski definition) is 3. The van der Waals surface area contributed by atoms with Crippen LogP contribution in [-0.4, -0.2) is 13.1 Å². The first kappa shape index (κ1) is 32.4. The predicted octanol–water partition coefficient (Wildman–Crippen LogP) is 11.3. The van der Waals surface area contributed by atoms with E-state index >= 15 is 0 Å². The number of nitrogens with zero attached hydrogens (tertiary/aromatic N) is 3. The Kier molecular flexibility index (Phi) is 7.93. The highest BCUT2D eigenvalue weighted by Crippen LogP contribution is 2.46. The Morgan fingerprint density at radius 3 is 2.00 bits per heavy atom. The van der Waals surface area contributed by atoms with Gasteiger partial charge in [0.25, 0.3) is 5.70 Å². The molecule has 0 unspecified atom stereocenters. The van der Waals surface area contributed by atoms with E-state index in [1.807, 2.05) is 12.1 Å². The molecular weight excluding hydrogens is 623 g/mol. The Hall–Kier alpha value is -5.84. The van der Waals surface area contributed by atoms with Gasteiger partial charge in [0.15, 0.2) is 0 Å². The molecule has 0 aliphatic carbocycles. The Morgan fingerprint density at radius 1 is 0.784 bits per heavy atom. The molecule has 3 aliphatic rings. The van der Waals surface area contributed by atoms with Crippen LogP contribution in [0.15, 0.2) is 115 Å². The second-order valence-electron chi connectivity index (χ2n) is 16.0. The number of anilines is 1. The number of fused-ring (bicyclic) bond motifs is 2. The van der Waals surface area contributed by atoms with Crippen LogP contribution in [0.25, 0.3) is 44.3 Å². The van der Waals surface area contributed by atoms with E-state index in [0.29, 0.717) is 22.2 Å². The Bertz CT molecular complexity index is 2400. The van der Waals surface area contributed by atoms with Crippen LogP contribution in [0.2, 0.25) is 0 Å². The minimum Gasteiger partial charge on any atom is -0.464 e. The smallest absolute Gasteiger partial charge is 0.269 e. The van der Waals surface area contributed by atoms with E-state index in [1.165, 1.54) is 50.5 Å². The Balaban J connectivity index is 0.993. The van der Waals surface area contributed by atoms with Crippen LogP contribution in [0.5, 0.6) is 0 Å². The maximum absolute atomic E-state index is 9.26. The summed E-state index contributed by atoms with van der Waals surface area (Å²) in [7, 11) is 0. The molecule has 51 heavy (non-hydrogen) atoms. The van der Waals surface area contributed by atoms with Gasteiger partial charge in [-0.2, -0.15) is 0 Å². The summed E-state index contributed by atoms with van der Waals surface area (Å²) in [6.07, 6.45) is 12.5. The summed E-state index contributed by atoms with van der Waals surface area (Å²) in [5, 5.41) is 14.0. The zero-order valence-corrected chi connectivity index (χ0v) is 29.8. The first-order chi connectivity index (χ1) is 24.5. The lowest BCUT2D eigenvalue weighted by Crippen LogP contribution is -2.48. The lowest BCUT2D eigenvalue weighted by atomic mass is 9.73. The van der Waals surface area contributed by atoms with Crippen molar-refractivity contribution in [1.29, 1.82) is 5.26 Å². The maximum atomic E-state index is 9.26. The van der Waals surface area contributed by atoms with Gasteiger partial charge in [-0.15, -0.1) is 0 Å². The average molecular weight is 664 g/mol. The van der Waals surface area contributed by atoms with Crippen molar-refractivity contribution in [2.24, 2.45) is 10.8 Å². The molecule has 4 heteroatoms. The van der Waals surface area contributed by atoms with Crippen molar-refractivity contribution in [2.75, 3.05) is 18.0 Å². The highest BCUT2D eigenvalue weighted by molar-refractivity contribution is 5.90. The molecule has 0 fully saturated rings. The molecule has 0 saturated heterocycles. The third-order valence-electron chi connectivity index (χ3n) is 10.4. The normalized spacial score (nSPS) is 18.2. The van der Waals surface area contributed by atoms with Crippen molar-refractivity contribution in [3.8, 4) is 6.07 Å². The van der Waals surface area contributed by atoms with E-state index in [9.17, 15) is 5.26 Å². The number of nitriles is 1. The van der Waals surface area contributed by atoms with Gasteiger partial charge in [-0.05, 0) is 121 Å². The lowest BCUT2D eigenvalue weighted by molar-refractivity contribution is 0.289. The van der Waals surface area contributed by atoms with E-state index in [0.717, 1.165) is 54.3 Å². The van der Waals surface area contributed by atoms with E-state index in [1.54, 1.807) is 12.2 Å². The zero-order valence-electron chi connectivity index (χ0n) is 29.8. The van der Waals surface area contributed by atoms with Gasteiger partial charge in [-0.1, -0.05) is 107 Å². The molecule has 0 saturated carbocycles. The van der Waals surface area contributed by atoms with Gasteiger partial charge in [0.05, 0.1) is 18.9 Å². The fourth-order valence-corrected chi connectivity index (χ4v) is 8.33. The van der Waals surface area contributed by atoms with Crippen LogP contribution in [0.4, 0.5) is 5.69 Å². The van der Waals surface area contributed by atoms with Crippen LogP contribution in [0.3, 0.4) is 0 Å². The van der Waals surface area contributed by atoms with Crippen LogP contribution in [0.1, 0.15) is 66.6 Å². The molecule has 0 aromatic heterocycles. The summed E-state index contributed by atoms with van der Waals surface area (Å²) in [5.74, 6) is 0.617. The third-order valence-corrected chi connectivity index (χ3v) is 10.4. The molecule has 0 spiro atoms. The molecule has 5 aromatic carbocycles. The van der Waals surface area contributed by atoms with E-state index in [2.05, 4.69) is 128 Å². The molecule has 3 heterocycles.